The van der Waals surface area contributed by atoms with Crippen molar-refractivity contribution in [2.75, 3.05) is 6.54 Å². The minimum absolute atomic E-state index is 0.266. The lowest BCUT2D eigenvalue weighted by molar-refractivity contribution is -0.161. The first-order valence-electron chi connectivity index (χ1n) is 7.72. The number of nitrogens with one attached hydrogen (secondary N) is 1. The molecule has 0 aliphatic carbocycles. The third kappa shape index (κ3) is 7.31. The fraction of sp³-hybridized carbons (Fsp3) is 0.867. The summed E-state index contributed by atoms with van der Waals surface area (Å²) in [5.74, 6) is -0.766. The lowest BCUT2D eigenvalue weighted by atomic mass is 10.1. The summed E-state index contributed by atoms with van der Waals surface area (Å²) >= 11 is 0. The number of ether oxygens (including phenoxy) is 1. The molecule has 4 nitrogen and oxygen atoms in total. The van der Waals surface area contributed by atoms with Crippen LogP contribution in [0.2, 0.25) is 0 Å². The Morgan fingerprint density at radius 1 is 1.11 bits per heavy atom. The van der Waals surface area contributed by atoms with Gasteiger partial charge in [-0.3, -0.25) is 4.79 Å². The van der Waals surface area contributed by atoms with Gasteiger partial charge in [0.15, 0.2) is 0 Å². The standard InChI is InChI=1S/C15H27NO3/c1-2-3-4-5-6-7-8-11-14(17)19-15(18)13-10-9-12-16-13/h13,16H,2-12H2,1H3/t13-/m0/s1. The van der Waals surface area contributed by atoms with Crippen LogP contribution in [-0.2, 0) is 14.3 Å². The van der Waals surface area contributed by atoms with Gasteiger partial charge >= 0.3 is 11.9 Å². The highest BCUT2D eigenvalue weighted by Gasteiger charge is 2.25. The van der Waals surface area contributed by atoms with E-state index in [1.165, 1.54) is 32.1 Å². The van der Waals surface area contributed by atoms with E-state index in [1.54, 1.807) is 0 Å². The van der Waals surface area contributed by atoms with Gasteiger partial charge < -0.3 is 10.1 Å². The Balaban J connectivity index is 1.97. The molecule has 110 valence electrons. The molecule has 1 saturated heterocycles. The summed E-state index contributed by atoms with van der Waals surface area (Å²) in [6, 6.07) is -0.266. The Morgan fingerprint density at radius 2 is 1.79 bits per heavy atom. The molecule has 1 aliphatic rings. The molecule has 1 atom stereocenters. The average Bonchev–Trinajstić information content (AvgIpc) is 2.91. The Hall–Kier alpha value is -0.900. The van der Waals surface area contributed by atoms with E-state index in [2.05, 4.69) is 12.2 Å². The molecule has 4 heteroatoms. The first kappa shape index (κ1) is 16.2. The summed E-state index contributed by atoms with van der Waals surface area (Å²) in [5, 5.41) is 3.03. The summed E-state index contributed by atoms with van der Waals surface area (Å²) in [7, 11) is 0. The highest BCUT2D eigenvalue weighted by molar-refractivity contribution is 5.88. The molecular formula is C15H27NO3. The van der Waals surface area contributed by atoms with Crippen LogP contribution in [0.3, 0.4) is 0 Å². The van der Waals surface area contributed by atoms with Crippen LogP contribution in [0.5, 0.6) is 0 Å². The van der Waals surface area contributed by atoms with Crippen molar-refractivity contribution in [3.63, 3.8) is 0 Å². The number of hydrogen-bond donors (Lipinski definition) is 1. The molecule has 0 saturated carbocycles. The zero-order chi connectivity index (χ0) is 13.9. The summed E-state index contributed by atoms with van der Waals surface area (Å²) < 4.78 is 4.84. The van der Waals surface area contributed by atoms with E-state index >= 15 is 0 Å². The SMILES string of the molecule is CCCCCCCCCC(=O)OC(=O)[C@@H]1CCCN1. The number of carbonyl (C=O) groups excluding carboxylic acids is 2. The molecule has 1 aliphatic heterocycles. The van der Waals surface area contributed by atoms with Gasteiger partial charge in [0.1, 0.15) is 6.04 Å². The molecule has 0 aromatic carbocycles. The van der Waals surface area contributed by atoms with Crippen LogP contribution >= 0.6 is 0 Å². The van der Waals surface area contributed by atoms with Gasteiger partial charge in [-0.1, -0.05) is 45.4 Å². The third-order valence-electron chi connectivity index (χ3n) is 3.54. The van der Waals surface area contributed by atoms with Crippen molar-refractivity contribution in [3.8, 4) is 0 Å². The predicted octanol–water partition coefficient (Wildman–Crippen LogP) is 2.95. The molecular weight excluding hydrogens is 242 g/mol. The second-order valence-electron chi connectivity index (χ2n) is 5.31. The second kappa shape index (κ2) is 9.96. The van der Waals surface area contributed by atoms with E-state index in [0.29, 0.717) is 6.42 Å². The summed E-state index contributed by atoms with van der Waals surface area (Å²) in [5.41, 5.74) is 0. The molecule has 19 heavy (non-hydrogen) atoms. The van der Waals surface area contributed by atoms with E-state index in [0.717, 1.165) is 32.2 Å². The smallest absolute Gasteiger partial charge is 0.330 e. The molecule has 0 amide bonds. The minimum Gasteiger partial charge on any atom is -0.392 e. The zero-order valence-corrected chi connectivity index (χ0v) is 12.1. The van der Waals surface area contributed by atoms with Crippen molar-refractivity contribution in [2.45, 2.75) is 77.2 Å². The van der Waals surface area contributed by atoms with E-state index in [-0.39, 0.29) is 12.0 Å². The van der Waals surface area contributed by atoms with E-state index < -0.39 is 5.97 Å². The fourth-order valence-corrected chi connectivity index (χ4v) is 2.35. The van der Waals surface area contributed by atoms with E-state index in [4.69, 9.17) is 4.74 Å². The largest absolute Gasteiger partial charge is 0.392 e. The second-order valence-corrected chi connectivity index (χ2v) is 5.31. The monoisotopic (exact) mass is 269 g/mol. The maximum atomic E-state index is 11.6. The van der Waals surface area contributed by atoms with Gasteiger partial charge in [-0.15, -0.1) is 0 Å². The van der Waals surface area contributed by atoms with E-state index in [1.807, 2.05) is 0 Å². The average molecular weight is 269 g/mol. The Morgan fingerprint density at radius 3 is 2.42 bits per heavy atom. The third-order valence-corrected chi connectivity index (χ3v) is 3.54. The lowest BCUT2D eigenvalue weighted by Crippen LogP contribution is -2.33. The van der Waals surface area contributed by atoms with Crippen LogP contribution in [0.25, 0.3) is 0 Å². The summed E-state index contributed by atoms with van der Waals surface area (Å²) in [6.07, 6.45) is 10.3. The van der Waals surface area contributed by atoms with Crippen LogP contribution in [-0.4, -0.2) is 24.5 Å². The summed E-state index contributed by atoms with van der Waals surface area (Å²) in [6.45, 7) is 3.04. The minimum atomic E-state index is -0.398. The van der Waals surface area contributed by atoms with Crippen LogP contribution in [0.15, 0.2) is 0 Å². The molecule has 0 aromatic rings. The predicted molar refractivity (Wildman–Crippen MR) is 74.7 cm³/mol. The first-order valence-corrected chi connectivity index (χ1v) is 7.72. The number of unbranched alkanes of at least 4 members (excludes halogenated alkanes) is 6. The van der Waals surface area contributed by atoms with Crippen LogP contribution in [0, 0.1) is 0 Å². The van der Waals surface area contributed by atoms with Gasteiger partial charge in [0.2, 0.25) is 0 Å². The number of carbonyl (C=O) groups is 2. The van der Waals surface area contributed by atoms with Gasteiger partial charge in [-0.2, -0.15) is 0 Å². The lowest BCUT2D eigenvalue weighted by Gasteiger charge is -2.08. The van der Waals surface area contributed by atoms with Crippen molar-refractivity contribution in [1.82, 2.24) is 5.32 Å². The number of rotatable bonds is 9. The van der Waals surface area contributed by atoms with E-state index in [9.17, 15) is 9.59 Å². The first-order chi connectivity index (χ1) is 9.24. The van der Waals surface area contributed by atoms with Crippen molar-refractivity contribution < 1.29 is 14.3 Å². The Kier molecular flexibility index (Phi) is 8.47. The molecule has 0 aromatic heterocycles. The quantitative estimate of drug-likeness (QED) is 0.397. The molecule has 1 N–H and O–H groups in total. The molecule has 0 spiro atoms. The normalized spacial score (nSPS) is 18.5. The summed E-state index contributed by atoms with van der Waals surface area (Å²) in [4.78, 5) is 23.0. The van der Waals surface area contributed by atoms with Crippen molar-refractivity contribution in [1.29, 1.82) is 0 Å². The molecule has 0 radical (unpaired) electrons. The number of esters is 2. The van der Waals surface area contributed by atoms with Gasteiger partial charge in [0.05, 0.1) is 0 Å². The molecule has 1 fully saturated rings. The highest BCUT2D eigenvalue weighted by atomic mass is 16.6. The zero-order valence-electron chi connectivity index (χ0n) is 12.1. The Bertz CT molecular complexity index is 273. The van der Waals surface area contributed by atoms with Gasteiger partial charge in [0.25, 0.3) is 0 Å². The molecule has 1 heterocycles. The highest BCUT2D eigenvalue weighted by Crippen LogP contribution is 2.10. The fourth-order valence-electron chi connectivity index (χ4n) is 2.35. The molecule has 0 unspecified atom stereocenters. The van der Waals surface area contributed by atoms with Crippen molar-refractivity contribution in [2.24, 2.45) is 0 Å². The maximum absolute atomic E-state index is 11.6. The number of hydrogen-bond acceptors (Lipinski definition) is 4. The van der Waals surface area contributed by atoms with Crippen molar-refractivity contribution in [3.05, 3.63) is 0 Å². The molecule has 1 rings (SSSR count). The van der Waals surface area contributed by atoms with Crippen LogP contribution in [0.1, 0.15) is 71.1 Å². The van der Waals surface area contributed by atoms with Gasteiger partial charge in [-0.05, 0) is 25.8 Å². The maximum Gasteiger partial charge on any atom is 0.330 e. The van der Waals surface area contributed by atoms with Crippen LogP contribution < -0.4 is 5.32 Å². The van der Waals surface area contributed by atoms with Gasteiger partial charge in [0, 0.05) is 6.42 Å². The van der Waals surface area contributed by atoms with Gasteiger partial charge in [-0.25, -0.2) is 4.79 Å². The van der Waals surface area contributed by atoms with Crippen LogP contribution in [0.4, 0.5) is 0 Å². The topological polar surface area (TPSA) is 55.4 Å². The van der Waals surface area contributed by atoms with Crippen molar-refractivity contribution >= 4 is 11.9 Å². The molecule has 0 bridgehead atoms. The Labute approximate surface area is 116 Å².